The van der Waals surface area contributed by atoms with Crippen LogP contribution < -0.4 is 5.32 Å². The monoisotopic (exact) mass is 272 g/mol. The van der Waals surface area contributed by atoms with Crippen LogP contribution in [0, 0.1) is 0 Å². The van der Waals surface area contributed by atoms with Gasteiger partial charge in [0.25, 0.3) is 5.91 Å². The van der Waals surface area contributed by atoms with Crippen molar-refractivity contribution >= 4 is 17.5 Å². The number of aromatic nitrogens is 1. The molecule has 0 spiro atoms. The van der Waals surface area contributed by atoms with Crippen molar-refractivity contribution in [2.24, 2.45) is 0 Å². The van der Waals surface area contributed by atoms with Gasteiger partial charge in [-0.1, -0.05) is 23.7 Å². The van der Waals surface area contributed by atoms with Crippen LogP contribution in [0.5, 0.6) is 0 Å². The number of carbonyl (C=O) groups excluding carboxylic acids is 1. The van der Waals surface area contributed by atoms with Gasteiger partial charge in [-0.3, -0.25) is 9.78 Å². The summed E-state index contributed by atoms with van der Waals surface area (Å²) in [5, 5.41) is 3.76. The molecule has 1 heterocycles. The van der Waals surface area contributed by atoms with Gasteiger partial charge < -0.3 is 5.32 Å². The zero-order valence-electron chi connectivity index (χ0n) is 10.3. The highest BCUT2D eigenvalue weighted by atomic mass is 35.5. The number of carbonyl (C=O) groups is 1. The molecule has 0 aliphatic heterocycles. The van der Waals surface area contributed by atoms with Gasteiger partial charge in [-0.05, 0) is 42.2 Å². The SMILES string of the molecule is O=C(N[C@@H]1CCc2cccc(Cl)c21)c1cccnc1. The number of benzene rings is 1. The highest BCUT2D eigenvalue weighted by molar-refractivity contribution is 6.31. The summed E-state index contributed by atoms with van der Waals surface area (Å²) in [4.78, 5) is 16.1. The molecule has 0 saturated heterocycles. The topological polar surface area (TPSA) is 42.0 Å². The van der Waals surface area contributed by atoms with E-state index in [-0.39, 0.29) is 11.9 Å². The maximum atomic E-state index is 12.1. The van der Waals surface area contributed by atoms with Crippen molar-refractivity contribution in [1.82, 2.24) is 10.3 Å². The molecule has 19 heavy (non-hydrogen) atoms. The molecule has 4 heteroatoms. The summed E-state index contributed by atoms with van der Waals surface area (Å²) in [5.74, 6) is -0.106. The third-order valence-corrected chi connectivity index (χ3v) is 3.75. The Hall–Kier alpha value is -1.87. The third kappa shape index (κ3) is 2.34. The first kappa shape index (κ1) is 12.2. The van der Waals surface area contributed by atoms with E-state index in [2.05, 4.69) is 16.4 Å². The second-order valence-corrected chi connectivity index (χ2v) is 5.03. The summed E-state index contributed by atoms with van der Waals surface area (Å²) in [6.07, 6.45) is 5.06. The van der Waals surface area contributed by atoms with E-state index in [1.807, 2.05) is 12.1 Å². The molecule has 1 aromatic carbocycles. The zero-order chi connectivity index (χ0) is 13.2. The lowest BCUT2D eigenvalue weighted by atomic mass is 10.1. The average molecular weight is 273 g/mol. The molecule has 1 aliphatic rings. The lowest BCUT2D eigenvalue weighted by molar-refractivity contribution is 0.0936. The van der Waals surface area contributed by atoms with Gasteiger partial charge in [0.15, 0.2) is 0 Å². The Morgan fingerprint density at radius 3 is 3.00 bits per heavy atom. The van der Waals surface area contributed by atoms with Gasteiger partial charge in [-0.25, -0.2) is 0 Å². The molecule has 0 radical (unpaired) electrons. The Labute approximate surface area is 116 Å². The highest BCUT2D eigenvalue weighted by Crippen LogP contribution is 2.36. The summed E-state index contributed by atoms with van der Waals surface area (Å²) in [7, 11) is 0. The van der Waals surface area contributed by atoms with Crippen LogP contribution in [0.2, 0.25) is 5.02 Å². The number of hydrogen-bond acceptors (Lipinski definition) is 2. The quantitative estimate of drug-likeness (QED) is 0.912. The molecule has 3 nitrogen and oxygen atoms in total. The van der Waals surface area contributed by atoms with Gasteiger partial charge in [0.05, 0.1) is 11.6 Å². The average Bonchev–Trinajstić information content (AvgIpc) is 2.84. The van der Waals surface area contributed by atoms with Crippen molar-refractivity contribution < 1.29 is 4.79 Å². The third-order valence-electron chi connectivity index (χ3n) is 3.42. The molecule has 2 aromatic rings. The minimum atomic E-state index is -0.106. The number of pyridine rings is 1. The number of nitrogens with zero attached hydrogens (tertiary/aromatic N) is 1. The van der Waals surface area contributed by atoms with Crippen LogP contribution in [0.1, 0.15) is 33.9 Å². The van der Waals surface area contributed by atoms with Crippen LogP contribution in [0.15, 0.2) is 42.7 Å². The first-order chi connectivity index (χ1) is 9.25. The largest absolute Gasteiger partial charge is 0.345 e. The number of hydrogen-bond donors (Lipinski definition) is 1. The van der Waals surface area contributed by atoms with Gasteiger partial charge in [0.2, 0.25) is 0 Å². The normalized spacial score (nSPS) is 17.0. The molecule has 0 unspecified atom stereocenters. The summed E-state index contributed by atoms with van der Waals surface area (Å²) in [6.45, 7) is 0. The molecular formula is C15H13ClN2O. The molecule has 0 saturated carbocycles. The Morgan fingerprint density at radius 1 is 1.32 bits per heavy atom. The van der Waals surface area contributed by atoms with Gasteiger partial charge >= 0.3 is 0 Å². The van der Waals surface area contributed by atoms with Crippen molar-refractivity contribution in [1.29, 1.82) is 0 Å². The van der Waals surface area contributed by atoms with E-state index in [9.17, 15) is 4.79 Å². The Bertz CT molecular complexity index is 613. The summed E-state index contributed by atoms with van der Waals surface area (Å²) >= 11 is 6.23. The molecule has 1 atom stereocenters. The molecule has 1 aromatic heterocycles. The van der Waals surface area contributed by atoms with Crippen molar-refractivity contribution in [2.75, 3.05) is 0 Å². The number of nitrogens with one attached hydrogen (secondary N) is 1. The molecule has 0 fully saturated rings. The maximum absolute atomic E-state index is 12.1. The predicted octanol–water partition coefficient (Wildman–Crippen LogP) is 3.15. The minimum Gasteiger partial charge on any atom is -0.345 e. The van der Waals surface area contributed by atoms with Crippen molar-refractivity contribution in [3.63, 3.8) is 0 Å². The standard InChI is InChI=1S/C15H13ClN2O/c16-12-5-1-3-10-6-7-13(14(10)12)18-15(19)11-4-2-8-17-9-11/h1-5,8-9,13H,6-7H2,(H,18,19)/t13-/m1/s1. The lowest BCUT2D eigenvalue weighted by Gasteiger charge is -2.15. The molecule has 1 aliphatic carbocycles. The fourth-order valence-corrected chi connectivity index (χ4v) is 2.84. The smallest absolute Gasteiger partial charge is 0.253 e. The van der Waals surface area contributed by atoms with E-state index in [0.29, 0.717) is 5.56 Å². The van der Waals surface area contributed by atoms with Gasteiger partial charge in [-0.15, -0.1) is 0 Å². The molecule has 0 bridgehead atoms. The van der Waals surface area contributed by atoms with E-state index in [4.69, 9.17) is 11.6 Å². The second-order valence-electron chi connectivity index (χ2n) is 4.62. The van der Waals surface area contributed by atoms with Crippen LogP contribution in [0.4, 0.5) is 0 Å². The minimum absolute atomic E-state index is 0.00333. The van der Waals surface area contributed by atoms with Gasteiger partial charge in [0.1, 0.15) is 0 Å². The number of amides is 1. The molecular weight excluding hydrogens is 260 g/mol. The Balaban J connectivity index is 1.82. The number of halogens is 1. The van der Waals surface area contributed by atoms with E-state index >= 15 is 0 Å². The van der Waals surface area contributed by atoms with Crippen LogP contribution in [0.3, 0.4) is 0 Å². The predicted molar refractivity (Wildman–Crippen MR) is 74.2 cm³/mol. The number of rotatable bonds is 2. The van der Waals surface area contributed by atoms with Gasteiger partial charge in [0, 0.05) is 17.4 Å². The van der Waals surface area contributed by atoms with Crippen LogP contribution >= 0.6 is 11.6 Å². The van der Waals surface area contributed by atoms with E-state index in [1.54, 1.807) is 24.5 Å². The van der Waals surface area contributed by atoms with Crippen LogP contribution in [-0.2, 0) is 6.42 Å². The lowest BCUT2D eigenvalue weighted by Crippen LogP contribution is -2.27. The van der Waals surface area contributed by atoms with Crippen LogP contribution in [0.25, 0.3) is 0 Å². The maximum Gasteiger partial charge on any atom is 0.253 e. The summed E-state index contributed by atoms with van der Waals surface area (Å²) in [6, 6.07) is 9.39. The van der Waals surface area contributed by atoms with E-state index in [1.165, 1.54) is 5.56 Å². The van der Waals surface area contributed by atoms with Crippen molar-refractivity contribution in [3.8, 4) is 0 Å². The molecule has 1 N–H and O–H groups in total. The fraction of sp³-hybridized carbons (Fsp3) is 0.200. The first-order valence-corrected chi connectivity index (χ1v) is 6.61. The molecule has 3 rings (SSSR count). The summed E-state index contributed by atoms with van der Waals surface area (Å²) in [5.41, 5.74) is 2.85. The van der Waals surface area contributed by atoms with Gasteiger partial charge in [-0.2, -0.15) is 0 Å². The molecule has 96 valence electrons. The Kier molecular flexibility index (Phi) is 3.22. The van der Waals surface area contributed by atoms with Crippen LogP contribution in [-0.4, -0.2) is 10.9 Å². The number of aryl methyl sites for hydroxylation is 1. The second kappa shape index (κ2) is 5.02. The van der Waals surface area contributed by atoms with Crippen molar-refractivity contribution in [3.05, 3.63) is 64.4 Å². The van der Waals surface area contributed by atoms with E-state index in [0.717, 1.165) is 23.4 Å². The number of fused-ring (bicyclic) bond motifs is 1. The Morgan fingerprint density at radius 2 is 2.21 bits per heavy atom. The van der Waals surface area contributed by atoms with Crippen molar-refractivity contribution in [2.45, 2.75) is 18.9 Å². The van der Waals surface area contributed by atoms with E-state index < -0.39 is 0 Å². The first-order valence-electron chi connectivity index (χ1n) is 6.24. The zero-order valence-corrected chi connectivity index (χ0v) is 11.0. The molecule has 1 amide bonds. The highest BCUT2D eigenvalue weighted by Gasteiger charge is 2.26. The fourth-order valence-electron chi connectivity index (χ4n) is 2.52. The summed E-state index contributed by atoms with van der Waals surface area (Å²) < 4.78 is 0.